The van der Waals surface area contributed by atoms with Gasteiger partial charge in [-0.05, 0) is 44.7 Å². The molecule has 1 saturated heterocycles. The lowest BCUT2D eigenvalue weighted by Gasteiger charge is -2.32. The van der Waals surface area contributed by atoms with Gasteiger partial charge in [0.15, 0.2) is 5.96 Å². The molecule has 1 aromatic carbocycles. The van der Waals surface area contributed by atoms with Crippen LogP contribution in [0, 0.1) is 0 Å². The van der Waals surface area contributed by atoms with Crippen molar-refractivity contribution >= 4 is 36.0 Å². The second-order valence-corrected chi connectivity index (χ2v) is 7.21. The molecule has 0 saturated carbocycles. The fourth-order valence-corrected chi connectivity index (χ4v) is 3.09. The Labute approximate surface area is 191 Å². The lowest BCUT2D eigenvalue weighted by molar-refractivity contribution is 0.0657. The van der Waals surface area contributed by atoms with Gasteiger partial charge in [-0.25, -0.2) is 4.79 Å². The summed E-state index contributed by atoms with van der Waals surface area (Å²) >= 11 is 0. The molecule has 7 nitrogen and oxygen atoms in total. The van der Waals surface area contributed by atoms with Crippen molar-refractivity contribution in [2.45, 2.75) is 58.9 Å². The first-order valence-electron chi connectivity index (χ1n) is 10.1. The maximum absolute atomic E-state index is 11.8. The molecule has 0 radical (unpaired) electrons. The van der Waals surface area contributed by atoms with Crippen LogP contribution < -0.4 is 10.6 Å². The van der Waals surface area contributed by atoms with Crippen molar-refractivity contribution in [1.82, 2.24) is 15.5 Å². The van der Waals surface area contributed by atoms with Gasteiger partial charge in [-0.3, -0.25) is 4.99 Å². The molecular weight excluding hydrogens is 483 g/mol. The van der Waals surface area contributed by atoms with Gasteiger partial charge in [-0.2, -0.15) is 0 Å². The highest BCUT2D eigenvalue weighted by molar-refractivity contribution is 14.0. The van der Waals surface area contributed by atoms with Crippen LogP contribution in [0.1, 0.15) is 44.7 Å². The van der Waals surface area contributed by atoms with Crippen LogP contribution in [-0.4, -0.2) is 55.8 Å². The molecule has 1 fully saturated rings. The number of amides is 1. The number of benzene rings is 1. The highest BCUT2D eigenvalue weighted by atomic mass is 127. The molecule has 29 heavy (non-hydrogen) atoms. The zero-order chi connectivity index (χ0) is 20.4. The Morgan fingerprint density at radius 3 is 2.59 bits per heavy atom. The van der Waals surface area contributed by atoms with Crippen molar-refractivity contribution in [3.05, 3.63) is 35.4 Å². The summed E-state index contributed by atoms with van der Waals surface area (Å²) < 4.78 is 10.7. The fourth-order valence-electron chi connectivity index (χ4n) is 3.09. The molecule has 0 bridgehead atoms. The van der Waals surface area contributed by atoms with E-state index in [-0.39, 0.29) is 36.2 Å². The number of carbonyl (C=O) groups is 1. The minimum absolute atomic E-state index is 0. The van der Waals surface area contributed by atoms with E-state index in [9.17, 15) is 4.79 Å². The number of ether oxygens (including phenoxy) is 2. The number of guanidine groups is 1. The number of aliphatic imine (C=N–C) groups is 1. The van der Waals surface area contributed by atoms with Gasteiger partial charge in [0.2, 0.25) is 0 Å². The molecule has 8 heteroatoms. The summed E-state index contributed by atoms with van der Waals surface area (Å²) in [4.78, 5) is 17.9. The van der Waals surface area contributed by atoms with Crippen molar-refractivity contribution in [2.24, 2.45) is 4.99 Å². The van der Waals surface area contributed by atoms with E-state index in [0.717, 1.165) is 18.8 Å². The van der Waals surface area contributed by atoms with Crippen molar-refractivity contribution in [1.29, 1.82) is 0 Å². The average Bonchev–Trinajstić information content (AvgIpc) is 2.70. The van der Waals surface area contributed by atoms with Crippen LogP contribution in [0.15, 0.2) is 29.3 Å². The van der Waals surface area contributed by atoms with Gasteiger partial charge in [0, 0.05) is 32.7 Å². The minimum Gasteiger partial charge on any atom is -0.450 e. The fraction of sp³-hybridized carbons (Fsp3) is 0.619. The van der Waals surface area contributed by atoms with Gasteiger partial charge in [0.25, 0.3) is 0 Å². The number of carbonyl (C=O) groups excluding carboxylic acids is 1. The maximum Gasteiger partial charge on any atom is 0.409 e. The lowest BCUT2D eigenvalue weighted by Crippen LogP contribution is -2.49. The minimum atomic E-state index is -0.218. The van der Waals surface area contributed by atoms with Gasteiger partial charge >= 0.3 is 6.09 Å². The Hall–Kier alpha value is -1.55. The Morgan fingerprint density at radius 2 is 1.97 bits per heavy atom. The third-order valence-electron chi connectivity index (χ3n) is 4.62. The lowest BCUT2D eigenvalue weighted by atomic mass is 10.1. The van der Waals surface area contributed by atoms with Crippen LogP contribution in [0.5, 0.6) is 0 Å². The zero-order valence-electron chi connectivity index (χ0n) is 17.9. The van der Waals surface area contributed by atoms with Gasteiger partial charge < -0.3 is 25.0 Å². The molecule has 0 unspecified atom stereocenters. The highest BCUT2D eigenvalue weighted by Crippen LogP contribution is 2.12. The molecule has 0 atom stereocenters. The Balaban J connectivity index is 0.00000420. The highest BCUT2D eigenvalue weighted by Gasteiger charge is 2.23. The molecule has 1 aromatic rings. The molecule has 2 rings (SSSR count). The summed E-state index contributed by atoms with van der Waals surface area (Å²) in [6.45, 7) is 9.04. The predicted molar refractivity (Wildman–Crippen MR) is 127 cm³/mol. The van der Waals surface area contributed by atoms with E-state index in [1.54, 1.807) is 11.9 Å². The number of rotatable bonds is 7. The number of piperidine rings is 1. The molecular formula is C21H35IN4O3. The third-order valence-corrected chi connectivity index (χ3v) is 4.62. The van der Waals surface area contributed by atoms with E-state index in [0.29, 0.717) is 38.9 Å². The monoisotopic (exact) mass is 518 g/mol. The SMILES string of the molecule is CCOC(=O)N1CCC(NC(=NC)NCc2cccc(COC(C)C)c2)CC1.I. The summed E-state index contributed by atoms with van der Waals surface area (Å²) in [6, 6.07) is 8.67. The van der Waals surface area contributed by atoms with Crippen molar-refractivity contribution in [3.8, 4) is 0 Å². The van der Waals surface area contributed by atoms with Crippen LogP contribution in [0.3, 0.4) is 0 Å². The molecule has 1 amide bonds. The zero-order valence-corrected chi connectivity index (χ0v) is 20.3. The van der Waals surface area contributed by atoms with E-state index >= 15 is 0 Å². The Kier molecular flexibility index (Phi) is 12.0. The van der Waals surface area contributed by atoms with Gasteiger partial charge in [0.05, 0.1) is 19.3 Å². The molecule has 2 N–H and O–H groups in total. The summed E-state index contributed by atoms with van der Waals surface area (Å²) in [5.74, 6) is 0.776. The van der Waals surface area contributed by atoms with Crippen LogP contribution in [0.4, 0.5) is 4.79 Å². The number of likely N-dealkylation sites (tertiary alicyclic amines) is 1. The molecule has 0 spiro atoms. The molecule has 0 aromatic heterocycles. The van der Waals surface area contributed by atoms with Crippen molar-refractivity contribution in [2.75, 3.05) is 26.7 Å². The van der Waals surface area contributed by atoms with Crippen molar-refractivity contribution < 1.29 is 14.3 Å². The smallest absolute Gasteiger partial charge is 0.409 e. The molecule has 1 aliphatic heterocycles. The first-order valence-corrected chi connectivity index (χ1v) is 10.1. The van der Waals surface area contributed by atoms with E-state index < -0.39 is 0 Å². The quantitative estimate of drug-likeness (QED) is 0.328. The summed E-state index contributed by atoms with van der Waals surface area (Å²) in [5.41, 5.74) is 2.35. The van der Waals surface area contributed by atoms with Gasteiger partial charge in [-0.15, -0.1) is 24.0 Å². The number of nitrogens with one attached hydrogen (secondary N) is 2. The summed E-state index contributed by atoms with van der Waals surface area (Å²) in [6.07, 6.45) is 1.76. The largest absolute Gasteiger partial charge is 0.450 e. The second-order valence-electron chi connectivity index (χ2n) is 7.21. The van der Waals surface area contributed by atoms with E-state index in [1.165, 1.54) is 11.1 Å². The normalized spacial score (nSPS) is 15.1. The first-order chi connectivity index (χ1) is 13.5. The van der Waals surface area contributed by atoms with Crippen LogP contribution in [0.2, 0.25) is 0 Å². The molecule has 0 aliphatic carbocycles. The molecule has 164 valence electrons. The molecule has 1 aliphatic rings. The predicted octanol–water partition coefficient (Wildman–Crippen LogP) is 3.52. The average molecular weight is 518 g/mol. The van der Waals surface area contributed by atoms with Crippen LogP contribution in [-0.2, 0) is 22.6 Å². The van der Waals surface area contributed by atoms with Crippen molar-refractivity contribution in [3.63, 3.8) is 0 Å². The van der Waals surface area contributed by atoms with E-state index in [1.807, 2.05) is 20.8 Å². The van der Waals surface area contributed by atoms with Gasteiger partial charge in [-0.1, -0.05) is 24.3 Å². The maximum atomic E-state index is 11.8. The second kappa shape index (κ2) is 13.6. The van der Waals surface area contributed by atoms with Crippen LogP contribution >= 0.6 is 24.0 Å². The topological polar surface area (TPSA) is 75.2 Å². The standard InChI is InChI=1S/C21H34N4O3.HI/c1-5-27-21(26)25-11-9-19(10-12-25)24-20(22-4)23-14-17-7-6-8-18(13-17)15-28-16(2)3;/h6-8,13,16,19H,5,9-12,14-15H2,1-4H3,(H2,22,23,24);1H. The third kappa shape index (κ3) is 9.20. The number of hydrogen-bond donors (Lipinski definition) is 2. The first kappa shape index (κ1) is 25.5. The van der Waals surface area contributed by atoms with Gasteiger partial charge in [0.1, 0.15) is 0 Å². The van der Waals surface area contributed by atoms with E-state index in [2.05, 4.69) is 39.9 Å². The number of nitrogens with zero attached hydrogens (tertiary/aromatic N) is 2. The summed E-state index contributed by atoms with van der Waals surface area (Å²) in [7, 11) is 1.77. The van der Waals surface area contributed by atoms with E-state index in [4.69, 9.17) is 9.47 Å². The van der Waals surface area contributed by atoms with Crippen LogP contribution in [0.25, 0.3) is 0 Å². The summed E-state index contributed by atoms with van der Waals surface area (Å²) in [5, 5.41) is 6.83. The number of hydrogen-bond acceptors (Lipinski definition) is 4. The Morgan fingerprint density at radius 1 is 1.28 bits per heavy atom. The Bertz CT molecular complexity index is 647. The number of halogens is 1. The molecule has 1 heterocycles.